The molecule has 1 aromatic heterocycles. The standard InChI is InChI=1S/C15H25NO/c1-5-11-6-8-12(9-7-11)13-10-16-14(17-13)15(2,3)4/h10-12H,5-9H2,1-4H3. The van der Waals surface area contributed by atoms with Crippen LogP contribution in [0.2, 0.25) is 0 Å². The lowest BCUT2D eigenvalue weighted by Gasteiger charge is -2.26. The lowest BCUT2D eigenvalue weighted by molar-refractivity contribution is 0.279. The molecule has 0 amide bonds. The fraction of sp³-hybridized carbons (Fsp3) is 0.800. The highest BCUT2D eigenvalue weighted by molar-refractivity contribution is 5.07. The van der Waals surface area contributed by atoms with Crippen molar-refractivity contribution in [2.45, 2.75) is 71.1 Å². The van der Waals surface area contributed by atoms with Gasteiger partial charge < -0.3 is 4.42 Å². The zero-order valence-electron chi connectivity index (χ0n) is 11.6. The summed E-state index contributed by atoms with van der Waals surface area (Å²) in [5.41, 5.74) is 0.0267. The number of rotatable bonds is 2. The molecule has 0 spiro atoms. The van der Waals surface area contributed by atoms with E-state index in [0.717, 1.165) is 17.6 Å². The summed E-state index contributed by atoms with van der Waals surface area (Å²) in [7, 11) is 0. The minimum atomic E-state index is 0.0267. The van der Waals surface area contributed by atoms with Gasteiger partial charge in [-0.2, -0.15) is 0 Å². The van der Waals surface area contributed by atoms with Crippen LogP contribution in [0.4, 0.5) is 0 Å². The summed E-state index contributed by atoms with van der Waals surface area (Å²) in [5.74, 6) is 3.55. The lowest BCUT2D eigenvalue weighted by atomic mass is 9.80. The van der Waals surface area contributed by atoms with Crippen LogP contribution in [-0.4, -0.2) is 4.98 Å². The van der Waals surface area contributed by atoms with Crippen LogP contribution in [0.3, 0.4) is 0 Å². The number of nitrogens with zero attached hydrogens (tertiary/aromatic N) is 1. The van der Waals surface area contributed by atoms with Gasteiger partial charge in [0, 0.05) is 11.3 Å². The smallest absolute Gasteiger partial charge is 0.199 e. The Hall–Kier alpha value is -0.790. The van der Waals surface area contributed by atoms with Crippen molar-refractivity contribution in [3.63, 3.8) is 0 Å². The van der Waals surface area contributed by atoms with Crippen LogP contribution >= 0.6 is 0 Å². The zero-order valence-corrected chi connectivity index (χ0v) is 11.6. The summed E-state index contributed by atoms with van der Waals surface area (Å²) in [4.78, 5) is 4.44. The largest absolute Gasteiger partial charge is 0.445 e. The Bertz CT molecular complexity index is 353. The molecule has 1 aromatic rings. The highest BCUT2D eigenvalue weighted by Crippen LogP contribution is 2.38. The Kier molecular flexibility index (Phi) is 3.60. The van der Waals surface area contributed by atoms with Crippen LogP contribution in [0.5, 0.6) is 0 Å². The van der Waals surface area contributed by atoms with Crippen molar-refractivity contribution < 1.29 is 4.42 Å². The SMILES string of the molecule is CCC1CCC(c2cnc(C(C)(C)C)o2)CC1. The molecule has 1 aliphatic rings. The molecule has 2 heteroatoms. The van der Waals surface area contributed by atoms with Gasteiger partial charge in [0.1, 0.15) is 5.76 Å². The lowest BCUT2D eigenvalue weighted by Crippen LogP contribution is -2.13. The molecule has 0 unspecified atom stereocenters. The van der Waals surface area contributed by atoms with Crippen LogP contribution in [0.25, 0.3) is 0 Å². The van der Waals surface area contributed by atoms with Crippen molar-refractivity contribution in [3.8, 4) is 0 Å². The predicted molar refractivity (Wildman–Crippen MR) is 70.2 cm³/mol. The molecule has 0 N–H and O–H groups in total. The molecule has 1 aliphatic carbocycles. The van der Waals surface area contributed by atoms with Gasteiger partial charge in [0.05, 0.1) is 6.20 Å². The molecule has 0 radical (unpaired) electrons. The summed E-state index contributed by atoms with van der Waals surface area (Å²) in [6.07, 6.45) is 8.54. The summed E-state index contributed by atoms with van der Waals surface area (Å²) in [5, 5.41) is 0. The third-order valence-electron chi connectivity index (χ3n) is 3.99. The molecule has 1 heterocycles. The summed E-state index contributed by atoms with van der Waals surface area (Å²) < 4.78 is 5.95. The zero-order chi connectivity index (χ0) is 12.5. The second-order valence-corrected chi connectivity index (χ2v) is 6.44. The fourth-order valence-electron chi connectivity index (χ4n) is 2.68. The molecular weight excluding hydrogens is 210 g/mol. The molecule has 2 nitrogen and oxygen atoms in total. The Morgan fingerprint density at radius 2 is 1.88 bits per heavy atom. The number of oxazole rings is 1. The van der Waals surface area contributed by atoms with Gasteiger partial charge in [-0.15, -0.1) is 0 Å². The van der Waals surface area contributed by atoms with Crippen molar-refractivity contribution in [3.05, 3.63) is 17.8 Å². The Morgan fingerprint density at radius 1 is 1.24 bits per heavy atom. The summed E-state index contributed by atoms with van der Waals surface area (Å²) >= 11 is 0. The van der Waals surface area contributed by atoms with Gasteiger partial charge in [0.25, 0.3) is 0 Å². The Morgan fingerprint density at radius 3 is 2.35 bits per heavy atom. The maximum Gasteiger partial charge on any atom is 0.199 e. The normalized spacial score (nSPS) is 26.1. The highest BCUT2D eigenvalue weighted by Gasteiger charge is 2.26. The number of aromatic nitrogens is 1. The highest BCUT2D eigenvalue weighted by atomic mass is 16.4. The molecular formula is C15H25NO. The molecule has 2 rings (SSSR count). The molecule has 0 atom stereocenters. The van der Waals surface area contributed by atoms with Crippen LogP contribution in [0.1, 0.15) is 77.4 Å². The van der Waals surface area contributed by atoms with Crippen LogP contribution < -0.4 is 0 Å². The van der Waals surface area contributed by atoms with E-state index in [9.17, 15) is 0 Å². The van der Waals surface area contributed by atoms with E-state index in [1.165, 1.54) is 32.1 Å². The van der Waals surface area contributed by atoms with Crippen LogP contribution in [0, 0.1) is 5.92 Å². The third kappa shape index (κ3) is 2.91. The van der Waals surface area contributed by atoms with E-state index in [0.29, 0.717) is 5.92 Å². The van der Waals surface area contributed by atoms with Gasteiger partial charge in [-0.05, 0) is 31.6 Å². The van der Waals surface area contributed by atoms with Gasteiger partial charge in [-0.3, -0.25) is 0 Å². The van der Waals surface area contributed by atoms with E-state index in [4.69, 9.17) is 4.42 Å². The quantitative estimate of drug-likeness (QED) is 0.745. The van der Waals surface area contributed by atoms with Crippen LogP contribution in [0.15, 0.2) is 10.6 Å². The fourth-order valence-corrected chi connectivity index (χ4v) is 2.68. The maximum atomic E-state index is 5.95. The van der Waals surface area contributed by atoms with Crippen molar-refractivity contribution in [1.29, 1.82) is 0 Å². The van der Waals surface area contributed by atoms with Crippen LogP contribution in [-0.2, 0) is 5.41 Å². The molecule has 1 saturated carbocycles. The van der Waals surface area contributed by atoms with Crippen molar-refractivity contribution in [2.24, 2.45) is 5.92 Å². The van der Waals surface area contributed by atoms with Gasteiger partial charge in [-0.25, -0.2) is 4.98 Å². The van der Waals surface area contributed by atoms with Gasteiger partial charge in [0.15, 0.2) is 5.89 Å². The second kappa shape index (κ2) is 4.83. The van der Waals surface area contributed by atoms with E-state index < -0.39 is 0 Å². The van der Waals surface area contributed by atoms with E-state index >= 15 is 0 Å². The first-order valence-electron chi connectivity index (χ1n) is 6.97. The van der Waals surface area contributed by atoms with E-state index in [1.54, 1.807) is 0 Å². The molecule has 0 aliphatic heterocycles. The average Bonchev–Trinajstić information content (AvgIpc) is 2.78. The topological polar surface area (TPSA) is 26.0 Å². The van der Waals surface area contributed by atoms with E-state index in [-0.39, 0.29) is 5.41 Å². The first-order valence-corrected chi connectivity index (χ1v) is 6.97. The minimum Gasteiger partial charge on any atom is -0.445 e. The summed E-state index contributed by atoms with van der Waals surface area (Å²) in [6, 6.07) is 0. The number of hydrogen-bond donors (Lipinski definition) is 0. The summed E-state index contributed by atoms with van der Waals surface area (Å²) in [6.45, 7) is 8.75. The van der Waals surface area contributed by atoms with Crippen molar-refractivity contribution in [2.75, 3.05) is 0 Å². The van der Waals surface area contributed by atoms with Crippen molar-refractivity contribution >= 4 is 0 Å². The average molecular weight is 235 g/mol. The molecule has 0 saturated heterocycles. The monoisotopic (exact) mass is 235 g/mol. The minimum absolute atomic E-state index is 0.0267. The first-order chi connectivity index (χ1) is 8.00. The molecule has 96 valence electrons. The second-order valence-electron chi connectivity index (χ2n) is 6.44. The van der Waals surface area contributed by atoms with Crippen molar-refractivity contribution in [1.82, 2.24) is 4.98 Å². The van der Waals surface area contributed by atoms with Gasteiger partial charge >= 0.3 is 0 Å². The van der Waals surface area contributed by atoms with Gasteiger partial charge in [0.2, 0.25) is 0 Å². The molecule has 1 fully saturated rings. The third-order valence-corrected chi connectivity index (χ3v) is 3.99. The Balaban J connectivity index is 2.02. The first kappa shape index (κ1) is 12.7. The molecule has 0 bridgehead atoms. The van der Waals surface area contributed by atoms with Gasteiger partial charge in [-0.1, -0.05) is 34.1 Å². The molecule has 0 aromatic carbocycles. The van der Waals surface area contributed by atoms with E-state index in [2.05, 4.69) is 32.7 Å². The Labute approximate surface area is 105 Å². The number of hydrogen-bond acceptors (Lipinski definition) is 2. The molecule has 17 heavy (non-hydrogen) atoms. The maximum absolute atomic E-state index is 5.95. The predicted octanol–water partition coefficient (Wildman–Crippen LogP) is 4.66. The van der Waals surface area contributed by atoms with E-state index in [1.807, 2.05) is 6.20 Å².